The Labute approximate surface area is 250 Å². The van der Waals surface area contributed by atoms with Crippen LogP contribution in [0.15, 0.2) is 109 Å². The van der Waals surface area contributed by atoms with Gasteiger partial charge in [0, 0.05) is 23.0 Å². The number of carboxylic acids is 1. The summed E-state index contributed by atoms with van der Waals surface area (Å²) in [4.78, 5) is 38.0. The lowest BCUT2D eigenvalue weighted by Gasteiger charge is -2.18. The van der Waals surface area contributed by atoms with Crippen LogP contribution in [0.1, 0.15) is 39.4 Å². The molecular formula is C33H26ClF3N2O4. The molecule has 4 rings (SSSR count). The van der Waals surface area contributed by atoms with Crippen LogP contribution < -0.4 is 10.6 Å². The number of nitrogens with one attached hydrogen (secondary N) is 2. The van der Waals surface area contributed by atoms with E-state index in [0.717, 1.165) is 29.3 Å². The number of carbonyl (C=O) groups is 3. The number of rotatable bonds is 10. The van der Waals surface area contributed by atoms with E-state index >= 15 is 0 Å². The molecule has 0 saturated carbocycles. The summed E-state index contributed by atoms with van der Waals surface area (Å²) < 4.78 is 40.0. The first kappa shape index (κ1) is 31.1. The van der Waals surface area contributed by atoms with Gasteiger partial charge in [-0.1, -0.05) is 78.3 Å². The second-order valence-corrected chi connectivity index (χ2v) is 10.1. The number of carboxylic acid groups (broad SMARTS) is 1. The lowest BCUT2D eigenvalue weighted by Crippen LogP contribution is -2.37. The van der Waals surface area contributed by atoms with E-state index in [-0.39, 0.29) is 29.8 Å². The lowest BCUT2D eigenvalue weighted by molar-refractivity contribution is -0.138. The first-order chi connectivity index (χ1) is 20.5. The van der Waals surface area contributed by atoms with Gasteiger partial charge in [0.15, 0.2) is 0 Å². The second-order valence-electron chi connectivity index (χ2n) is 9.64. The van der Waals surface area contributed by atoms with Gasteiger partial charge in [0.05, 0.1) is 12.0 Å². The van der Waals surface area contributed by atoms with Crippen molar-refractivity contribution >= 4 is 35.5 Å². The van der Waals surface area contributed by atoms with Crippen molar-refractivity contribution in [3.8, 4) is 11.1 Å². The number of hydrogen-bond donors (Lipinski definition) is 3. The summed E-state index contributed by atoms with van der Waals surface area (Å²) in [5, 5.41) is 15.0. The van der Waals surface area contributed by atoms with Gasteiger partial charge in [-0.2, -0.15) is 13.2 Å². The van der Waals surface area contributed by atoms with Gasteiger partial charge in [0.2, 0.25) is 0 Å². The van der Waals surface area contributed by atoms with E-state index in [9.17, 15) is 32.7 Å². The molecule has 4 aromatic carbocycles. The maximum atomic E-state index is 13.3. The van der Waals surface area contributed by atoms with Crippen LogP contribution in [0.2, 0.25) is 5.02 Å². The normalized spacial score (nSPS) is 12.3. The van der Waals surface area contributed by atoms with Gasteiger partial charge in [0.1, 0.15) is 5.70 Å². The molecule has 0 aliphatic rings. The Bertz CT molecular complexity index is 1620. The summed E-state index contributed by atoms with van der Waals surface area (Å²) in [6.07, 6.45) is -3.79. The highest BCUT2D eigenvalue weighted by Crippen LogP contribution is 2.30. The molecule has 10 heteroatoms. The van der Waals surface area contributed by atoms with Gasteiger partial charge >= 0.3 is 12.1 Å². The van der Waals surface area contributed by atoms with Crippen molar-refractivity contribution in [2.24, 2.45) is 0 Å². The van der Waals surface area contributed by atoms with E-state index in [4.69, 9.17) is 11.6 Å². The first-order valence-electron chi connectivity index (χ1n) is 13.1. The van der Waals surface area contributed by atoms with E-state index < -0.39 is 35.4 Å². The standard InChI is InChI=1S/C33H26ClF3N2O4/c34-28-15-13-24(14-16-28)26(19-30(40)41)20-38-32(43)29(18-21-5-4-8-27(17-21)33(35,36)37)39-31(42)25-11-9-23(10-12-25)22-6-2-1-3-7-22/h1-18,26H,19-20H2,(H,38,43)(H,39,42)(H,40,41)/b29-18-/t26-/m0/s1. The fourth-order valence-electron chi connectivity index (χ4n) is 4.33. The fraction of sp³-hybridized carbons (Fsp3) is 0.121. The van der Waals surface area contributed by atoms with Crippen molar-refractivity contribution in [2.45, 2.75) is 18.5 Å². The molecule has 0 radical (unpaired) electrons. The number of benzene rings is 4. The van der Waals surface area contributed by atoms with Crippen LogP contribution in [0.4, 0.5) is 13.2 Å². The fourth-order valence-corrected chi connectivity index (χ4v) is 4.46. The molecule has 0 spiro atoms. The first-order valence-corrected chi connectivity index (χ1v) is 13.5. The Kier molecular flexibility index (Phi) is 10.0. The Morgan fingerprint density at radius 2 is 1.49 bits per heavy atom. The van der Waals surface area contributed by atoms with Crippen molar-refractivity contribution < 1.29 is 32.7 Å². The molecule has 220 valence electrons. The van der Waals surface area contributed by atoms with Crippen LogP contribution in [0, 0.1) is 0 Å². The molecule has 0 bridgehead atoms. The Balaban J connectivity index is 1.59. The second kappa shape index (κ2) is 13.8. The zero-order valence-corrected chi connectivity index (χ0v) is 23.3. The van der Waals surface area contributed by atoms with Crippen molar-refractivity contribution in [2.75, 3.05) is 6.54 Å². The predicted molar refractivity (Wildman–Crippen MR) is 158 cm³/mol. The van der Waals surface area contributed by atoms with Gasteiger partial charge in [-0.3, -0.25) is 14.4 Å². The molecule has 0 heterocycles. The smallest absolute Gasteiger partial charge is 0.416 e. The third-order valence-electron chi connectivity index (χ3n) is 6.54. The highest BCUT2D eigenvalue weighted by molar-refractivity contribution is 6.30. The number of hydrogen-bond acceptors (Lipinski definition) is 3. The van der Waals surface area contributed by atoms with E-state index in [2.05, 4.69) is 10.6 Å². The van der Waals surface area contributed by atoms with E-state index in [1.807, 2.05) is 30.3 Å². The van der Waals surface area contributed by atoms with E-state index in [1.165, 1.54) is 12.1 Å². The Hall–Kier alpha value is -4.89. The molecule has 6 nitrogen and oxygen atoms in total. The van der Waals surface area contributed by atoms with Crippen LogP contribution >= 0.6 is 11.6 Å². The number of alkyl halides is 3. The molecule has 3 N–H and O–H groups in total. The average Bonchev–Trinajstić information content (AvgIpc) is 2.99. The minimum atomic E-state index is -4.61. The zero-order chi connectivity index (χ0) is 31.0. The van der Waals surface area contributed by atoms with Crippen molar-refractivity contribution in [3.63, 3.8) is 0 Å². The van der Waals surface area contributed by atoms with Gasteiger partial charge in [0.25, 0.3) is 11.8 Å². The quantitative estimate of drug-likeness (QED) is 0.167. The molecule has 4 aromatic rings. The van der Waals surface area contributed by atoms with Crippen LogP contribution in [-0.2, 0) is 15.8 Å². The Morgan fingerprint density at radius 1 is 0.837 bits per heavy atom. The zero-order valence-electron chi connectivity index (χ0n) is 22.6. The summed E-state index contributed by atoms with van der Waals surface area (Å²) in [6.45, 7) is -0.131. The molecule has 43 heavy (non-hydrogen) atoms. The van der Waals surface area contributed by atoms with E-state index in [1.54, 1.807) is 48.5 Å². The summed E-state index contributed by atoms with van der Waals surface area (Å²) in [7, 11) is 0. The van der Waals surface area contributed by atoms with Gasteiger partial charge in [-0.15, -0.1) is 0 Å². The molecule has 0 unspecified atom stereocenters. The largest absolute Gasteiger partial charge is 0.481 e. The van der Waals surface area contributed by atoms with Gasteiger partial charge in [-0.05, 0) is 64.7 Å². The van der Waals surface area contributed by atoms with Crippen molar-refractivity contribution in [3.05, 3.63) is 136 Å². The molecule has 0 saturated heterocycles. The van der Waals surface area contributed by atoms with Crippen LogP contribution in [0.25, 0.3) is 17.2 Å². The molecule has 2 amide bonds. The number of amides is 2. The monoisotopic (exact) mass is 606 g/mol. The molecule has 0 fully saturated rings. The minimum Gasteiger partial charge on any atom is -0.481 e. The maximum Gasteiger partial charge on any atom is 0.416 e. The molecule has 0 aromatic heterocycles. The van der Waals surface area contributed by atoms with Gasteiger partial charge in [-0.25, -0.2) is 0 Å². The number of aliphatic carboxylic acids is 1. The average molecular weight is 607 g/mol. The summed E-state index contributed by atoms with van der Waals surface area (Å²) >= 11 is 5.94. The highest BCUT2D eigenvalue weighted by Gasteiger charge is 2.30. The summed E-state index contributed by atoms with van der Waals surface area (Å²) in [5.41, 5.74) is 1.41. The summed E-state index contributed by atoms with van der Waals surface area (Å²) in [6, 6.07) is 26.9. The SMILES string of the molecule is O=C(O)C[C@@H](CNC(=O)/C(=C/c1cccc(C(F)(F)F)c1)NC(=O)c1ccc(-c2ccccc2)cc1)c1ccc(Cl)cc1. The van der Waals surface area contributed by atoms with Crippen molar-refractivity contribution in [1.82, 2.24) is 10.6 Å². The van der Waals surface area contributed by atoms with Crippen molar-refractivity contribution in [1.29, 1.82) is 0 Å². The van der Waals surface area contributed by atoms with Crippen LogP contribution in [0.5, 0.6) is 0 Å². The maximum absolute atomic E-state index is 13.3. The lowest BCUT2D eigenvalue weighted by atomic mass is 9.95. The van der Waals surface area contributed by atoms with Crippen LogP contribution in [-0.4, -0.2) is 29.4 Å². The van der Waals surface area contributed by atoms with Gasteiger partial charge < -0.3 is 15.7 Å². The predicted octanol–water partition coefficient (Wildman–Crippen LogP) is 7.17. The molecular weight excluding hydrogens is 581 g/mol. The third kappa shape index (κ3) is 8.80. The summed E-state index contributed by atoms with van der Waals surface area (Å²) in [5.74, 6) is -3.21. The highest BCUT2D eigenvalue weighted by atomic mass is 35.5. The van der Waals surface area contributed by atoms with E-state index in [0.29, 0.717) is 10.6 Å². The number of carbonyl (C=O) groups excluding carboxylic acids is 2. The third-order valence-corrected chi connectivity index (χ3v) is 6.80. The Morgan fingerprint density at radius 3 is 2.12 bits per heavy atom. The number of halogens is 4. The molecule has 1 atom stereocenters. The van der Waals surface area contributed by atoms with Crippen LogP contribution in [0.3, 0.4) is 0 Å². The molecule has 0 aliphatic carbocycles. The minimum absolute atomic E-state index is 0.0273. The molecule has 0 aliphatic heterocycles. The topological polar surface area (TPSA) is 95.5 Å².